The van der Waals surface area contributed by atoms with Crippen LogP contribution in [0, 0.1) is 0 Å². The van der Waals surface area contributed by atoms with Crippen molar-refractivity contribution in [2.75, 3.05) is 13.2 Å². The van der Waals surface area contributed by atoms with Crippen molar-refractivity contribution in [1.82, 2.24) is 15.2 Å². The van der Waals surface area contributed by atoms with Gasteiger partial charge in [-0.2, -0.15) is 10.2 Å². The maximum absolute atomic E-state index is 12.4. The van der Waals surface area contributed by atoms with E-state index in [0.717, 1.165) is 16.8 Å². The Labute approximate surface area is 195 Å². The number of benzene rings is 3. The summed E-state index contributed by atoms with van der Waals surface area (Å²) >= 11 is 6.10. The second-order valence-corrected chi connectivity index (χ2v) is 7.66. The zero-order valence-corrected chi connectivity index (χ0v) is 18.2. The van der Waals surface area contributed by atoms with Crippen molar-refractivity contribution >= 4 is 23.7 Å². The average Bonchev–Trinajstić information content (AvgIpc) is 3.28. The lowest BCUT2D eigenvalue weighted by atomic mass is 10.1. The van der Waals surface area contributed by atoms with E-state index in [1.807, 2.05) is 54.7 Å². The van der Waals surface area contributed by atoms with Gasteiger partial charge in [0.2, 0.25) is 0 Å². The summed E-state index contributed by atoms with van der Waals surface area (Å²) in [4.78, 5) is 12.4. The highest BCUT2D eigenvalue weighted by Crippen LogP contribution is 2.35. The number of nitrogens with zero attached hydrogens (tertiary/aromatic N) is 3. The first-order valence-electron chi connectivity index (χ1n) is 10.3. The summed E-state index contributed by atoms with van der Waals surface area (Å²) in [6.45, 7) is 1.02. The lowest BCUT2D eigenvalue weighted by molar-refractivity contribution is 0.0955. The lowest BCUT2D eigenvalue weighted by Crippen LogP contribution is -2.18. The molecule has 0 bridgehead atoms. The van der Waals surface area contributed by atoms with E-state index in [9.17, 15) is 4.79 Å². The average molecular weight is 459 g/mol. The summed E-state index contributed by atoms with van der Waals surface area (Å²) in [5, 5.41) is 9.27. The molecule has 1 aromatic heterocycles. The van der Waals surface area contributed by atoms with Crippen LogP contribution in [0.1, 0.15) is 15.9 Å². The third kappa shape index (κ3) is 4.44. The zero-order valence-electron chi connectivity index (χ0n) is 17.4. The van der Waals surface area contributed by atoms with Gasteiger partial charge in [0.25, 0.3) is 5.91 Å². The number of carbonyl (C=O) groups is 1. The molecule has 0 aliphatic carbocycles. The molecular formula is C25H19ClN4O3. The number of nitrogens with one attached hydrogen (secondary N) is 1. The number of hydrogen-bond acceptors (Lipinski definition) is 5. The number of halogens is 1. The molecule has 0 saturated carbocycles. The van der Waals surface area contributed by atoms with E-state index < -0.39 is 5.91 Å². The molecule has 1 aliphatic rings. The molecule has 4 aromatic rings. The minimum absolute atomic E-state index is 0.350. The molecule has 3 aromatic carbocycles. The summed E-state index contributed by atoms with van der Waals surface area (Å²) in [5.74, 6) is 0.978. The second-order valence-electron chi connectivity index (χ2n) is 7.25. The van der Waals surface area contributed by atoms with Gasteiger partial charge in [-0.3, -0.25) is 4.79 Å². The third-order valence-electron chi connectivity index (χ3n) is 5.07. The van der Waals surface area contributed by atoms with Gasteiger partial charge >= 0.3 is 0 Å². The van der Waals surface area contributed by atoms with Gasteiger partial charge in [0, 0.05) is 17.3 Å². The molecule has 0 radical (unpaired) electrons. The highest BCUT2D eigenvalue weighted by atomic mass is 35.5. The van der Waals surface area contributed by atoms with Crippen molar-refractivity contribution in [3.8, 4) is 28.4 Å². The molecule has 164 valence electrons. The molecule has 1 aliphatic heterocycles. The molecule has 7 nitrogen and oxygen atoms in total. The highest BCUT2D eigenvalue weighted by molar-refractivity contribution is 6.33. The van der Waals surface area contributed by atoms with Gasteiger partial charge in [-0.25, -0.2) is 10.1 Å². The van der Waals surface area contributed by atoms with Crippen LogP contribution >= 0.6 is 11.6 Å². The minimum Gasteiger partial charge on any atom is -0.486 e. The second kappa shape index (κ2) is 9.18. The molecule has 0 unspecified atom stereocenters. The molecule has 1 amide bonds. The Kier molecular flexibility index (Phi) is 5.78. The molecule has 1 N–H and O–H groups in total. The number of ether oxygens (including phenoxy) is 2. The fraction of sp³-hybridized carbons (Fsp3) is 0.0800. The van der Waals surface area contributed by atoms with Crippen LogP contribution in [0.3, 0.4) is 0 Å². The van der Waals surface area contributed by atoms with E-state index in [1.165, 1.54) is 0 Å². The first kappa shape index (κ1) is 20.8. The summed E-state index contributed by atoms with van der Waals surface area (Å²) in [7, 11) is 0. The van der Waals surface area contributed by atoms with Crippen LogP contribution in [0.25, 0.3) is 16.9 Å². The van der Waals surface area contributed by atoms with Gasteiger partial charge in [0.15, 0.2) is 11.5 Å². The molecule has 0 spiro atoms. The third-order valence-corrected chi connectivity index (χ3v) is 5.40. The molecule has 0 atom stereocenters. The van der Waals surface area contributed by atoms with Crippen LogP contribution in [0.2, 0.25) is 5.02 Å². The number of para-hydroxylation sites is 1. The molecule has 0 fully saturated rings. The molecule has 0 saturated heterocycles. The minimum atomic E-state index is -0.395. The maximum Gasteiger partial charge on any atom is 0.272 e. The Balaban J connectivity index is 1.48. The lowest BCUT2D eigenvalue weighted by Gasteiger charge is -2.18. The van der Waals surface area contributed by atoms with Crippen molar-refractivity contribution in [1.29, 1.82) is 0 Å². The first-order valence-corrected chi connectivity index (χ1v) is 10.7. The predicted molar refractivity (Wildman–Crippen MR) is 127 cm³/mol. The molecule has 2 heterocycles. The Bertz CT molecular complexity index is 1330. The van der Waals surface area contributed by atoms with Crippen LogP contribution in [0.5, 0.6) is 11.5 Å². The van der Waals surface area contributed by atoms with Gasteiger partial charge in [-0.05, 0) is 42.5 Å². The van der Waals surface area contributed by atoms with Gasteiger partial charge in [-0.15, -0.1) is 0 Å². The number of fused-ring (bicyclic) bond motifs is 1. The van der Waals surface area contributed by atoms with Gasteiger partial charge in [0.05, 0.1) is 22.5 Å². The highest BCUT2D eigenvalue weighted by Gasteiger charge is 2.17. The van der Waals surface area contributed by atoms with E-state index in [1.54, 1.807) is 35.2 Å². The fourth-order valence-corrected chi connectivity index (χ4v) is 3.70. The Morgan fingerprint density at radius 3 is 2.58 bits per heavy atom. The number of rotatable bonds is 5. The van der Waals surface area contributed by atoms with Crippen LogP contribution in [0.4, 0.5) is 0 Å². The Morgan fingerprint density at radius 2 is 1.76 bits per heavy atom. The van der Waals surface area contributed by atoms with Gasteiger partial charge in [0.1, 0.15) is 18.9 Å². The maximum atomic E-state index is 12.4. The topological polar surface area (TPSA) is 77.7 Å². The number of hydrazone groups is 1. The SMILES string of the molecule is O=C(NN=Cc1cn(-c2ccccc2)nc1-c1ccc2c(c1)OCCO2)c1ccccc1Cl. The summed E-state index contributed by atoms with van der Waals surface area (Å²) in [6.07, 6.45) is 3.42. The summed E-state index contributed by atoms with van der Waals surface area (Å²) in [5.41, 5.74) is 6.02. The smallest absolute Gasteiger partial charge is 0.272 e. The van der Waals surface area contributed by atoms with E-state index in [2.05, 4.69) is 10.5 Å². The number of aromatic nitrogens is 2. The zero-order chi connectivity index (χ0) is 22.6. The quantitative estimate of drug-likeness (QED) is 0.346. The summed E-state index contributed by atoms with van der Waals surface area (Å²) < 4.78 is 13.1. The monoisotopic (exact) mass is 458 g/mol. The van der Waals surface area contributed by atoms with Gasteiger partial charge in [-0.1, -0.05) is 41.9 Å². The molecule has 5 rings (SSSR count). The number of amides is 1. The van der Waals surface area contributed by atoms with E-state index in [0.29, 0.717) is 41.0 Å². The predicted octanol–water partition coefficient (Wildman–Crippen LogP) is 4.73. The number of carbonyl (C=O) groups excluding carboxylic acids is 1. The molecular weight excluding hydrogens is 440 g/mol. The fourth-order valence-electron chi connectivity index (χ4n) is 3.48. The Morgan fingerprint density at radius 1 is 1.00 bits per heavy atom. The van der Waals surface area contributed by atoms with Crippen molar-refractivity contribution < 1.29 is 14.3 Å². The van der Waals surface area contributed by atoms with Crippen LogP contribution < -0.4 is 14.9 Å². The van der Waals surface area contributed by atoms with Crippen molar-refractivity contribution in [3.63, 3.8) is 0 Å². The van der Waals surface area contributed by atoms with Gasteiger partial charge < -0.3 is 9.47 Å². The van der Waals surface area contributed by atoms with Crippen molar-refractivity contribution in [3.05, 3.63) is 95.1 Å². The largest absolute Gasteiger partial charge is 0.486 e. The Hall–Kier alpha value is -4.10. The standard InChI is InChI=1S/C25H19ClN4O3/c26-21-9-5-4-8-20(21)25(31)28-27-15-18-16-30(19-6-2-1-3-7-19)29-24(18)17-10-11-22-23(14-17)33-13-12-32-22/h1-11,14-16H,12-13H2,(H,28,31). The van der Waals surface area contributed by atoms with Crippen LogP contribution in [-0.2, 0) is 0 Å². The van der Waals surface area contributed by atoms with Crippen molar-refractivity contribution in [2.24, 2.45) is 5.10 Å². The van der Waals surface area contributed by atoms with Crippen LogP contribution in [-0.4, -0.2) is 35.1 Å². The number of hydrogen-bond donors (Lipinski definition) is 1. The van der Waals surface area contributed by atoms with E-state index >= 15 is 0 Å². The van der Waals surface area contributed by atoms with E-state index in [4.69, 9.17) is 26.2 Å². The van der Waals surface area contributed by atoms with Crippen LogP contribution in [0.15, 0.2) is 84.1 Å². The normalized spacial score (nSPS) is 12.6. The molecule has 8 heteroatoms. The summed E-state index contributed by atoms with van der Waals surface area (Å²) in [6, 6.07) is 22.2. The molecule has 33 heavy (non-hydrogen) atoms. The van der Waals surface area contributed by atoms with E-state index in [-0.39, 0.29) is 0 Å². The first-order chi connectivity index (χ1) is 16.2. The van der Waals surface area contributed by atoms with Crippen molar-refractivity contribution in [2.45, 2.75) is 0 Å².